The number of allylic oxidation sites excluding steroid dienone is 1. The van der Waals surface area contributed by atoms with E-state index in [-0.39, 0.29) is 17.3 Å². The number of aryl methyl sites for hydroxylation is 1. The fourth-order valence-electron chi connectivity index (χ4n) is 5.51. The highest BCUT2D eigenvalue weighted by atomic mass is 32.1. The first-order chi connectivity index (χ1) is 19.0. The van der Waals surface area contributed by atoms with Crippen LogP contribution in [0.4, 0.5) is 5.69 Å². The van der Waals surface area contributed by atoms with Gasteiger partial charge in [0.15, 0.2) is 4.80 Å². The number of fused-ring (bicyclic) bond motifs is 3. The number of rotatable bonds is 4. The molecule has 7 nitrogen and oxygen atoms in total. The van der Waals surface area contributed by atoms with Crippen molar-refractivity contribution in [3.63, 3.8) is 0 Å². The maximum Gasteiger partial charge on any atom is 0.273 e. The van der Waals surface area contributed by atoms with Crippen LogP contribution in [0.1, 0.15) is 39.8 Å². The molecule has 0 bridgehead atoms. The Kier molecular flexibility index (Phi) is 5.57. The van der Waals surface area contributed by atoms with E-state index in [2.05, 4.69) is 24.3 Å². The molecule has 0 saturated carbocycles. The van der Waals surface area contributed by atoms with Crippen molar-refractivity contribution in [3.05, 3.63) is 135 Å². The largest absolute Gasteiger partial charge is 0.457 e. The Bertz CT molecular complexity index is 1990. The van der Waals surface area contributed by atoms with Gasteiger partial charge in [0.25, 0.3) is 11.2 Å². The highest BCUT2D eigenvalue weighted by Crippen LogP contribution is 2.42. The molecule has 192 valence electrons. The Hall–Kier alpha value is -4.34. The van der Waals surface area contributed by atoms with E-state index in [0.29, 0.717) is 32.0 Å². The first kappa shape index (κ1) is 23.8. The monoisotopic (exact) mass is 551 g/mol. The first-order valence-electron chi connectivity index (χ1n) is 12.5. The molecule has 0 spiro atoms. The molecule has 3 aromatic heterocycles. The van der Waals surface area contributed by atoms with Gasteiger partial charge in [0, 0.05) is 33.7 Å². The highest BCUT2D eigenvalue weighted by Gasteiger charge is 2.33. The number of aromatic nitrogens is 1. The van der Waals surface area contributed by atoms with Crippen LogP contribution in [0.5, 0.6) is 0 Å². The van der Waals surface area contributed by atoms with Crippen LogP contribution in [0.3, 0.4) is 0 Å². The second-order valence-corrected chi connectivity index (χ2v) is 11.5. The van der Waals surface area contributed by atoms with E-state index < -0.39 is 4.92 Å². The van der Waals surface area contributed by atoms with Crippen LogP contribution in [0.2, 0.25) is 0 Å². The van der Waals surface area contributed by atoms with Gasteiger partial charge in [0.2, 0.25) is 0 Å². The molecular weight excluding hydrogens is 530 g/mol. The lowest BCUT2D eigenvalue weighted by molar-refractivity contribution is -0.385. The zero-order valence-corrected chi connectivity index (χ0v) is 22.4. The molecular formula is C30H21N3O4S2. The molecule has 5 aromatic rings. The van der Waals surface area contributed by atoms with Gasteiger partial charge in [-0.05, 0) is 54.5 Å². The van der Waals surface area contributed by atoms with E-state index >= 15 is 0 Å². The fraction of sp³-hybridized carbons (Fsp3) is 0.133. The van der Waals surface area contributed by atoms with Crippen molar-refractivity contribution in [1.29, 1.82) is 0 Å². The van der Waals surface area contributed by atoms with Crippen molar-refractivity contribution < 1.29 is 9.34 Å². The zero-order valence-electron chi connectivity index (χ0n) is 20.8. The summed E-state index contributed by atoms with van der Waals surface area (Å²) in [6.45, 7) is 1.71. The van der Waals surface area contributed by atoms with Crippen molar-refractivity contribution in [2.75, 3.05) is 0 Å². The summed E-state index contributed by atoms with van der Waals surface area (Å²) in [5.41, 5.74) is 5.69. The zero-order chi connectivity index (χ0) is 26.7. The second-order valence-electron chi connectivity index (χ2n) is 9.54. The Balaban J connectivity index is 1.37. The molecule has 2 aromatic carbocycles. The van der Waals surface area contributed by atoms with Gasteiger partial charge in [-0.2, -0.15) is 0 Å². The lowest BCUT2D eigenvalue weighted by atomic mass is 9.85. The Labute approximate surface area is 230 Å². The summed E-state index contributed by atoms with van der Waals surface area (Å²) in [7, 11) is 0. The van der Waals surface area contributed by atoms with Crippen molar-refractivity contribution in [1.82, 2.24) is 4.57 Å². The standard InChI is InChI=1S/C30H21N3O4S2/c1-17-20(8-4-9-23(17)33(35)36)24-14-12-19(37-24)16-26-29(34)32-28(25-10-5-15-38-25)22-13-11-18-6-2-3-7-21(18)27(22)31-30(32)39-26/h2-10,12,14-16,28H,11,13H2,1H3/b26-16+. The second kappa shape index (κ2) is 9.14. The Morgan fingerprint density at radius 1 is 1.05 bits per heavy atom. The van der Waals surface area contributed by atoms with Crippen molar-refractivity contribution in [3.8, 4) is 11.3 Å². The third-order valence-electron chi connectivity index (χ3n) is 7.35. The van der Waals surface area contributed by atoms with Crippen LogP contribution in [-0.4, -0.2) is 9.49 Å². The molecule has 1 atom stereocenters. The van der Waals surface area contributed by atoms with Gasteiger partial charge in [-0.3, -0.25) is 19.5 Å². The molecule has 7 rings (SSSR count). The molecule has 1 aliphatic heterocycles. The molecule has 0 amide bonds. The van der Waals surface area contributed by atoms with Crippen molar-refractivity contribution in [2.45, 2.75) is 25.8 Å². The van der Waals surface area contributed by atoms with E-state index in [9.17, 15) is 14.9 Å². The van der Waals surface area contributed by atoms with Gasteiger partial charge in [-0.25, -0.2) is 4.99 Å². The molecule has 4 heterocycles. The minimum Gasteiger partial charge on any atom is -0.457 e. The molecule has 0 N–H and O–H groups in total. The molecule has 1 aliphatic carbocycles. The molecule has 1 unspecified atom stereocenters. The molecule has 9 heteroatoms. The van der Waals surface area contributed by atoms with Gasteiger partial charge < -0.3 is 4.42 Å². The summed E-state index contributed by atoms with van der Waals surface area (Å²) in [6.07, 6.45) is 3.51. The molecule has 2 aliphatic rings. The number of nitro benzene ring substituents is 1. The van der Waals surface area contributed by atoms with Gasteiger partial charge in [0.1, 0.15) is 11.5 Å². The maximum atomic E-state index is 13.8. The lowest BCUT2D eigenvalue weighted by Gasteiger charge is -2.30. The SMILES string of the molecule is Cc1c(-c2ccc(/C=c3/sc4n(c3=O)C(c3cccs3)C3=C(N=4)c4ccccc4CC3)o2)cccc1[N+](=O)[O-]. The van der Waals surface area contributed by atoms with Gasteiger partial charge in [0.05, 0.1) is 21.2 Å². The van der Waals surface area contributed by atoms with E-state index in [1.807, 2.05) is 22.1 Å². The predicted octanol–water partition coefficient (Wildman–Crippen LogP) is 5.86. The average molecular weight is 552 g/mol. The normalized spacial score (nSPS) is 16.4. The van der Waals surface area contributed by atoms with Crippen LogP contribution in [0.25, 0.3) is 23.1 Å². The number of nitrogens with zero attached hydrogens (tertiary/aromatic N) is 3. The summed E-state index contributed by atoms with van der Waals surface area (Å²) in [4.78, 5) is 31.6. The minimum absolute atomic E-state index is 0.0397. The van der Waals surface area contributed by atoms with Crippen molar-refractivity contribution in [2.24, 2.45) is 4.99 Å². The highest BCUT2D eigenvalue weighted by molar-refractivity contribution is 7.10. The fourth-order valence-corrected chi connectivity index (χ4v) is 7.34. The predicted molar refractivity (Wildman–Crippen MR) is 153 cm³/mol. The Morgan fingerprint density at radius 2 is 1.90 bits per heavy atom. The van der Waals surface area contributed by atoms with E-state index in [4.69, 9.17) is 9.41 Å². The number of hydrogen-bond donors (Lipinski definition) is 0. The van der Waals surface area contributed by atoms with Crippen LogP contribution in [0, 0.1) is 17.0 Å². The van der Waals surface area contributed by atoms with E-state index in [1.165, 1.54) is 28.5 Å². The smallest absolute Gasteiger partial charge is 0.273 e. The quantitative estimate of drug-likeness (QED) is 0.207. The summed E-state index contributed by atoms with van der Waals surface area (Å²) in [6, 6.07) is 20.8. The van der Waals surface area contributed by atoms with Crippen LogP contribution < -0.4 is 14.9 Å². The first-order valence-corrected chi connectivity index (χ1v) is 14.2. The van der Waals surface area contributed by atoms with Gasteiger partial charge in [-0.15, -0.1) is 11.3 Å². The number of hydrogen-bond acceptors (Lipinski definition) is 7. The number of thiophene rings is 1. The average Bonchev–Trinajstić information content (AvgIpc) is 3.70. The summed E-state index contributed by atoms with van der Waals surface area (Å²) >= 11 is 3.00. The van der Waals surface area contributed by atoms with Crippen molar-refractivity contribution >= 4 is 40.1 Å². The number of benzene rings is 2. The summed E-state index contributed by atoms with van der Waals surface area (Å²) in [5.74, 6) is 1.02. The number of nitro groups is 1. The third-order valence-corrected chi connectivity index (χ3v) is 9.26. The van der Waals surface area contributed by atoms with E-state index in [0.717, 1.165) is 29.0 Å². The molecule has 0 saturated heterocycles. The topological polar surface area (TPSA) is 90.6 Å². The summed E-state index contributed by atoms with van der Waals surface area (Å²) < 4.78 is 8.41. The minimum atomic E-state index is -0.397. The van der Waals surface area contributed by atoms with Gasteiger partial charge in [-0.1, -0.05) is 53.8 Å². The van der Waals surface area contributed by atoms with Gasteiger partial charge >= 0.3 is 0 Å². The number of furan rings is 1. The summed E-state index contributed by atoms with van der Waals surface area (Å²) in [5, 5.41) is 13.4. The molecule has 39 heavy (non-hydrogen) atoms. The Morgan fingerprint density at radius 3 is 2.72 bits per heavy atom. The maximum absolute atomic E-state index is 13.8. The van der Waals surface area contributed by atoms with E-state index in [1.54, 1.807) is 48.6 Å². The number of thiazole rings is 1. The molecule has 0 radical (unpaired) electrons. The molecule has 0 fully saturated rings. The van der Waals surface area contributed by atoms with Crippen LogP contribution in [-0.2, 0) is 6.42 Å². The van der Waals surface area contributed by atoms with Crippen LogP contribution >= 0.6 is 22.7 Å². The lowest BCUT2D eigenvalue weighted by Crippen LogP contribution is -2.38. The van der Waals surface area contributed by atoms with Crippen LogP contribution in [0.15, 0.2) is 91.9 Å². The third kappa shape index (κ3) is 3.85.